The van der Waals surface area contributed by atoms with Gasteiger partial charge in [-0.3, -0.25) is 9.20 Å². The molecule has 0 saturated heterocycles. The molecule has 0 radical (unpaired) electrons. The van der Waals surface area contributed by atoms with Gasteiger partial charge in [-0.1, -0.05) is 12.1 Å². The third-order valence-corrected chi connectivity index (χ3v) is 3.51. The maximum atomic E-state index is 11.1. The predicted molar refractivity (Wildman–Crippen MR) is 88.3 cm³/mol. The predicted octanol–water partition coefficient (Wildman–Crippen LogP) is 3.70. The minimum absolute atomic E-state index is 0.00846. The molecule has 2 aromatic heterocycles. The number of aliphatic carboxylic acids is 1. The highest BCUT2D eigenvalue weighted by atomic mass is 16.4. The third-order valence-electron chi connectivity index (χ3n) is 3.51. The normalized spacial score (nSPS) is 11.4. The molecule has 0 amide bonds. The van der Waals surface area contributed by atoms with E-state index in [1.54, 1.807) is 28.7 Å². The van der Waals surface area contributed by atoms with Crippen LogP contribution in [0.4, 0.5) is 11.5 Å². The second kappa shape index (κ2) is 6.11. The Morgan fingerprint density at radius 2 is 1.92 bits per heavy atom. The van der Waals surface area contributed by atoms with E-state index in [1.165, 1.54) is 0 Å². The number of benzene rings is 1. The van der Waals surface area contributed by atoms with Gasteiger partial charge in [-0.15, -0.1) is 10.2 Å². The average Bonchev–Trinajstić information content (AvgIpc) is 2.84. The van der Waals surface area contributed by atoms with Gasteiger partial charge in [-0.05, 0) is 43.2 Å². The quantitative estimate of drug-likeness (QED) is 0.715. The van der Waals surface area contributed by atoms with Crippen molar-refractivity contribution in [2.24, 2.45) is 10.2 Å². The lowest BCUT2D eigenvalue weighted by Gasteiger charge is -2.01. The van der Waals surface area contributed by atoms with Crippen molar-refractivity contribution >= 4 is 23.1 Å². The molecular formula is C17H16N4O3. The summed E-state index contributed by atoms with van der Waals surface area (Å²) in [6.07, 6.45) is 1.56. The highest BCUT2D eigenvalue weighted by Gasteiger charge is 2.15. The van der Waals surface area contributed by atoms with E-state index in [1.807, 2.05) is 26.1 Å². The molecule has 0 atom stereocenters. The summed E-state index contributed by atoms with van der Waals surface area (Å²) in [5.41, 5.74) is 3.15. The van der Waals surface area contributed by atoms with Gasteiger partial charge in [0.2, 0.25) is 0 Å². The number of carbonyl (C=O) groups is 1. The number of aromatic hydroxyl groups is 1. The molecule has 0 fully saturated rings. The Morgan fingerprint density at radius 3 is 2.67 bits per heavy atom. The molecule has 3 rings (SSSR count). The number of imidazole rings is 1. The minimum Gasteiger partial charge on any atom is -0.506 e. The Kier molecular flexibility index (Phi) is 3.99. The summed E-state index contributed by atoms with van der Waals surface area (Å²) in [7, 11) is 0. The van der Waals surface area contributed by atoms with E-state index in [0.717, 1.165) is 11.1 Å². The number of fused-ring (bicyclic) bond motifs is 1. The molecule has 2 heterocycles. The summed E-state index contributed by atoms with van der Waals surface area (Å²) in [6.45, 7) is 3.80. The molecule has 0 aliphatic heterocycles. The summed E-state index contributed by atoms with van der Waals surface area (Å²) in [4.78, 5) is 15.4. The molecule has 0 unspecified atom stereocenters. The lowest BCUT2D eigenvalue weighted by atomic mass is 10.2. The molecule has 2 N–H and O–H groups in total. The molecule has 0 aliphatic rings. The maximum absolute atomic E-state index is 11.1. The highest BCUT2D eigenvalue weighted by Crippen LogP contribution is 2.30. The zero-order valence-corrected chi connectivity index (χ0v) is 13.3. The monoisotopic (exact) mass is 324 g/mol. The number of hydrogen-bond donors (Lipinski definition) is 2. The summed E-state index contributed by atoms with van der Waals surface area (Å²) in [5, 5.41) is 27.2. The molecule has 0 bridgehead atoms. The van der Waals surface area contributed by atoms with E-state index < -0.39 is 5.97 Å². The molecule has 3 aromatic rings. The number of phenolic OH excluding ortho intramolecular Hbond substituents is 1. The number of carboxylic acid groups (broad SMARTS) is 1. The van der Waals surface area contributed by atoms with Crippen molar-refractivity contribution in [2.45, 2.75) is 20.3 Å². The second-order valence-corrected chi connectivity index (χ2v) is 5.58. The topological polar surface area (TPSA) is 99.5 Å². The number of aryl methyl sites for hydroxylation is 2. The van der Waals surface area contributed by atoms with E-state index in [9.17, 15) is 9.90 Å². The van der Waals surface area contributed by atoms with Crippen LogP contribution in [0.5, 0.6) is 5.75 Å². The van der Waals surface area contributed by atoms with Crippen molar-refractivity contribution in [3.05, 3.63) is 53.3 Å². The van der Waals surface area contributed by atoms with E-state index in [0.29, 0.717) is 22.8 Å². The van der Waals surface area contributed by atoms with Crippen molar-refractivity contribution in [3.63, 3.8) is 0 Å². The van der Waals surface area contributed by atoms with Crippen molar-refractivity contribution in [2.75, 3.05) is 0 Å². The SMILES string of the molecule is Cc1ccc(O)c(N=Nc2c(CC(=O)O)nc3ccc(C)cn23)c1. The molecule has 0 saturated carbocycles. The fraction of sp³-hybridized carbons (Fsp3) is 0.176. The van der Waals surface area contributed by atoms with Crippen molar-refractivity contribution < 1.29 is 15.0 Å². The number of phenols is 1. The van der Waals surface area contributed by atoms with E-state index >= 15 is 0 Å². The zero-order chi connectivity index (χ0) is 17.3. The molecule has 122 valence electrons. The van der Waals surface area contributed by atoms with Gasteiger partial charge >= 0.3 is 5.97 Å². The molecular weight excluding hydrogens is 308 g/mol. The first-order chi connectivity index (χ1) is 11.4. The van der Waals surface area contributed by atoms with Gasteiger partial charge in [-0.25, -0.2) is 4.98 Å². The van der Waals surface area contributed by atoms with E-state index in [2.05, 4.69) is 15.2 Å². The molecule has 7 nitrogen and oxygen atoms in total. The first-order valence-electron chi connectivity index (χ1n) is 7.35. The highest BCUT2D eigenvalue weighted by molar-refractivity contribution is 5.72. The largest absolute Gasteiger partial charge is 0.506 e. The van der Waals surface area contributed by atoms with Crippen LogP contribution in [0.3, 0.4) is 0 Å². The van der Waals surface area contributed by atoms with Gasteiger partial charge in [0, 0.05) is 6.20 Å². The average molecular weight is 324 g/mol. The van der Waals surface area contributed by atoms with Crippen LogP contribution in [0, 0.1) is 13.8 Å². The van der Waals surface area contributed by atoms with Crippen LogP contribution in [0.1, 0.15) is 16.8 Å². The van der Waals surface area contributed by atoms with Gasteiger partial charge in [0.25, 0.3) is 0 Å². The summed E-state index contributed by atoms with van der Waals surface area (Å²) >= 11 is 0. The Morgan fingerprint density at radius 1 is 1.17 bits per heavy atom. The van der Waals surface area contributed by atoms with Gasteiger partial charge in [0.1, 0.15) is 17.1 Å². The van der Waals surface area contributed by atoms with Crippen molar-refractivity contribution in [3.8, 4) is 5.75 Å². The standard InChI is InChI=1S/C17H16N4O3/c1-10-3-5-14(22)12(7-10)19-20-17-13(8-16(23)24)18-15-6-4-11(2)9-21(15)17/h3-7,9,22H,8H2,1-2H3,(H,23,24). The summed E-state index contributed by atoms with van der Waals surface area (Å²) in [5.74, 6) is -0.642. The fourth-order valence-electron chi connectivity index (χ4n) is 2.37. The van der Waals surface area contributed by atoms with Crippen molar-refractivity contribution in [1.29, 1.82) is 0 Å². The van der Waals surface area contributed by atoms with Crippen LogP contribution >= 0.6 is 0 Å². The first-order valence-corrected chi connectivity index (χ1v) is 7.35. The number of aromatic nitrogens is 2. The van der Waals surface area contributed by atoms with Crippen LogP contribution in [0.2, 0.25) is 0 Å². The number of azo groups is 1. The number of hydrogen-bond acceptors (Lipinski definition) is 5. The van der Waals surface area contributed by atoms with Crippen LogP contribution in [0.15, 0.2) is 46.8 Å². The number of pyridine rings is 1. The zero-order valence-electron chi connectivity index (χ0n) is 13.3. The van der Waals surface area contributed by atoms with E-state index in [-0.39, 0.29) is 12.2 Å². The first kappa shape index (κ1) is 15.7. The van der Waals surface area contributed by atoms with Crippen LogP contribution in [0.25, 0.3) is 5.65 Å². The second-order valence-electron chi connectivity index (χ2n) is 5.58. The molecule has 0 aliphatic carbocycles. The smallest absolute Gasteiger partial charge is 0.309 e. The molecule has 7 heteroatoms. The van der Waals surface area contributed by atoms with Crippen LogP contribution < -0.4 is 0 Å². The number of carboxylic acids is 1. The lowest BCUT2D eigenvalue weighted by molar-refractivity contribution is -0.136. The van der Waals surface area contributed by atoms with Crippen LogP contribution in [-0.4, -0.2) is 25.6 Å². The van der Waals surface area contributed by atoms with Gasteiger partial charge in [0.15, 0.2) is 5.82 Å². The minimum atomic E-state index is -0.995. The Hall–Kier alpha value is -3.22. The Bertz CT molecular complexity index is 960. The third kappa shape index (κ3) is 3.10. The van der Waals surface area contributed by atoms with Crippen LogP contribution in [-0.2, 0) is 11.2 Å². The van der Waals surface area contributed by atoms with Crippen molar-refractivity contribution in [1.82, 2.24) is 9.38 Å². The number of rotatable bonds is 4. The van der Waals surface area contributed by atoms with E-state index in [4.69, 9.17) is 5.11 Å². The molecule has 0 spiro atoms. The Labute approximate surface area is 137 Å². The summed E-state index contributed by atoms with van der Waals surface area (Å²) < 4.78 is 1.70. The fourth-order valence-corrected chi connectivity index (χ4v) is 2.37. The van der Waals surface area contributed by atoms with Gasteiger partial charge in [-0.2, -0.15) is 0 Å². The maximum Gasteiger partial charge on any atom is 0.309 e. The molecule has 24 heavy (non-hydrogen) atoms. The van der Waals surface area contributed by atoms with Gasteiger partial charge < -0.3 is 10.2 Å². The van der Waals surface area contributed by atoms with Gasteiger partial charge in [0.05, 0.1) is 12.1 Å². The molecule has 1 aromatic carbocycles. The lowest BCUT2D eigenvalue weighted by Crippen LogP contribution is -2.00. The number of nitrogens with zero attached hydrogens (tertiary/aromatic N) is 4. The summed E-state index contributed by atoms with van der Waals surface area (Å²) in [6, 6.07) is 8.69. The Balaban J connectivity index is 2.12.